The maximum atomic E-state index is 12.8. The monoisotopic (exact) mass is 406 g/mol. The van der Waals surface area contributed by atoms with E-state index in [9.17, 15) is 13.2 Å². The molecule has 0 amide bonds. The number of aryl methyl sites for hydroxylation is 1. The molecule has 1 fully saturated rings. The zero-order chi connectivity index (χ0) is 20.4. The highest BCUT2D eigenvalue weighted by Gasteiger charge is 2.38. The summed E-state index contributed by atoms with van der Waals surface area (Å²) in [4.78, 5) is 2.34. The maximum Gasteiger partial charge on any atom is 0.573 e. The Bertz CT molecular complexity index is 843. The van der Waals surface area contributed by atoms with Crippen molar-refractivity contribution in [1.82, 2.24) is 4.90 Å². The summed E-state index contributed by atoms with van der Waals surface area (Å²) >= 11 is 0. The van der Waals surface area contributed by atoms with Gasteiger partial charge >= 0.3 is 6.36 Å². The fourth-order valence-electron chi connectivity index (χ4n) is 4.45. The number of alkyl halides is 3. The first-order valence-electron chi connectivity index (χ1n) is 9.99. The van der Waals surface area contributed by atoms with Crippen molar-refractivity contribution in [2.45, 2.75) is 50.2 Å². The third-order valence-corrected chi connectivity index (χ3v) is 5.71. The number of piperidine rings is 1. The van der Waals surface area contributed by atoms with E-state index in [0.717, 1.165) is 44.3 Å². The molecule has 1 aliphatic carbocycles. The Kier molecular flexibility index (Phi) is 5.69. The van der Waals surface area contributed by atoms with E-state index < -0.39 is 6.36 Å². The summed E-state index contributed by atoms with van der Waals surface area (Å²) in [5.41, 5.74) is 8.38. The number of nitrogens with two attached hydrogens (primary N) is 1. The average Bonchev–Trinajstić information content (AvgIpc) is 2.68. The first kappa shape index (κ1) is 20.0. The summed E-state index contributed by atoms with van der Waals surface area (Å²) in [5, 5.41) is 0. The number of para-hydroxylation sites is 2. The lowest BCUT2D eigenvalue weighted by atomic mass is 9.84. The maximum absolute atomic E-state index is 12.8. The van der Waals surface area contributed by atoms with Gasteiger partial charge in [0.05, 0.1) is 6.04 Å². The fraction of sp³-hybridized carbons (Fsp3) is 0.455. The topological polar surface area (TPSA) is 47.7 Å². The van der Waals surface area contributed by atoms with E-state index in [-0.39, 0.29) is 29.7 Å². The molecule has 4 rings (SSSR count). The molecular formula is C22H25F3N2O2. The van der Waals surface area contributed by atoms with Crippen LogP contribution in [0.1, 0.15) is 36.5 Å². The van der Waals surface area contributed by atoms with Gasteiger partial charge in [-0.15, -0.1) is 13.2 Å². The molecule has 1 saturated heterocycles. The van der Waals surface area contributed by atoms with Crippen LogP contribution in [0.3, 0.4) is 0 Å². The van der Waals surface area contributed by atoms with Crippen molar-refractivity contribution in [3.63, 3.8) is 0 Å². The molecule has 7 heteroatoms. The Balaban J connectivity index is 1.66. The average molecular weight is 406 g/mol. The van der Waals surface area contributed by atoms with Gasteiger partial charge in [0.25, 0.3) is 0 Å². The van der Waals surface area contributed by atoms with Crippen molar-refractivity contribution in [1.29, 1.82) is 0 Å². The van der Waals surface area contributed by atoms with Gasteiger partial charge in [-0.25, -0.2) is 0 Å². The highest BCUT2D eigenvalue weighted by molar-refractivity contribution is 5.41. The smallest absolute Gasteiger partial charge is 0.480 e. The minimum absolute atomic E-state index is 0.0511. The van der Waals surface area contributed by atoms with Gasteiger partial charge in [0.2, 0.25) is 0 Å². The lowest BCUT2D eigenvalue weighted by Crippen LogP contribution is -2.51. The van der Waals surface area contributed by atoms with Crippen molar-refractivity contribution in [2.75, 3.05) is 13.1 Å². The van der Waals surface area contributed by atoms with Crippen molar-refractivity contribution in [3.8, 4) is 11.5 Å². The Labute approximate surface area is 168 Å². The van der Waals surface area contributed by atoms with Gasteiger partial charge < -0.3 is 15.2 Å². The minimum atomic E-state index is -4.77. The molecule has 0 unspecified atom stereocenters. The molecule has 1 heterocycles. The molecule has 4 nitrogen and oxygen atoms in total. The van der Waals surface area contributed by atoms with Gasteiger partial charge in [0.15, 0.2) is 11.5 Å². The molecular weight excluding hydrogens is 381 g/mol. The van der Waals surface area contributed by atoms with Crippen LogP contribution in [0.4, 0.5) is 13.2 Å². The molecule has 2 aromatic carbocycles. The van der Waals surface area contributed by atoms with Crippen LogP contribution in [0, 0.1) is 0 Å². The zero-order valence-electron chi connectivity index (χ0n) is 16.1. The molecule has 1 aliphatic heterocycles. The fourth-order valence-corrected chi connectivity index (χ4v) is 4.45. The van der Waals surface area contributed by atoms with Crippen molar-refractivity contribution < 1.29 is 22.6 Å². The molecule has 0 aromatic heterocycles. The standard InChI is InChI=1S/C22H25F3N2O2/c23-22(24,25)29-20-10-4-3-9-19(20)28-21-17-8-2-1-6-15(17)11-12-18(21)27-13-5-7-16(26)14-27/h1-4,6,8-10,16,18,21H,5,7,11-14,26H2/t16-,18+,21+/m1/s1. The second kappa shape index (κ2) is 8.24. The highest BCUT2D eigenvalue weighted by Crippen LogP contribution is 2.41. The first-order chi connectivity index (χ1) is 13.9. The Morgan fingerprint density at radius 1 is 0.966 bits per heavy atom. The Hall–Kier alpha value is -2.25. The van der Waals surface area contributed by atoms with Gasteiger partial charge in [0, 0.05) is 12.6 Å². The van der Waals surface area contributed by atoms with Gasteiger partial charge in [-0.1, -0.05) is 36.4 Å². The summed E-state index contributed by atoms with van der Waals surface area (Å²) < 4.78 is 49.0. The largest absolute Gasteiger partial charge is 0.573 e. The molecule has 2 aromatic rings. The molecule has 3 atom stereocenters. The lowest BCUT2D eigenvalue weighted by molar-refractivity contribution is -0.275. The van der Waals surface area contributed by atoms with E-state index in [2.05, 4.69) is 15.7 Å². The number of ether oxygens (including phenoxy) is 2. The SMILES string of the molecule is N[C@@H]1CCCN([C@H]2CCc3ccccc3[C@@H]2Oc2ccccc2OC(F)(F)F)C1. The number of hydrogen-bond donors (Lipinski definition) is 1. The molecule has 29 heavy (non-hydrogen) atoms. The summed E-state index contributed by atoms with van der Waals surface area (Å²) in [6, 6.07) is 14.1. The third-order valence-electron chi connectivity index (χ3n) is 5.71. The molecule has 2 aliphatic rings. The minimum Gasteiger partial charge on any atom is -0.480 e. The zero-order valence-corrected chi connectivity index (χ0v) is 16.1. The van der Waals surface area contributed by atoms with E-state index in [1.54, 1.807) is 6.07 Å². The predicted molar refractivity (Wildman–Crippen MR) is 104 cm³/mol. The molecule has 0 saturated carbocycles. The van der Waals surface area contributed by atoms with Gasteiger partial charge in [0.1, 0.15) is 6.10 Å². The molecule has 156 valence electrons. The van der Waals surface area contributed by atoms with Crippen LogP contribution in [-0.2, 0) is 6.42 Å². The van der Waals surface area contributed by atoms with Crippen LogP contribution in [0.2, 0.25) is 0 Å². The number of hydrogen-bond acceptors (Lipinski definition) is 4. The van der Waals surface area contributed by atoms with Crippen molar-refractivity contribution >= 4 is 0 Å². The van der Waals surface area contributed by atoms with Crippen LogP contribution in [-0.4, -0.2) is 36.4 Å². The van der Waals surface area contributed by atoms with Crippen LogP contribution >= 0.6 is 0 Å². The number of fused-ring (bicyclic) bond motifs is 1. The second-order valence-corrected chi connectivity index (χ2v) is 7.74. The summed E-state index contributed by atoms with van der Waals surface area (Å²) in [6.07, 6.45) is -1.37. The van der Waals surface area contributed by atoms with Gasteiger partial charge in [-0.05, 0) is 55.5 Å². The third kappa shape index (κ3) is 4.67. The van der Waals surface area contributed by atoms with Crippen LogP contribution in [0.25, 0.3) is 0 Å². The van der Waals surface area contributed by atoms with Gasteiger partial charge in [-0.3, -0.25) is 4.90 Å². The first-order valence-corrected chi connectivity index (χ1v) is 9.99. The van der Waals surface area contributed by atoms with E-state index in [1.165, 1.54) is 23.8 Å². The molecule has 2 N–H and O–H groups in total. The summed E-state index contributed by atoms with van der Waals surface area (Å²) in [7, 11) is 0. The van der Waals surface area contributed by atoms with E-state index >= 15 is 0 Å². The van der Waals surface area contributed by atoms with Crippen LogP contribution in [0.15, 0.2) is 48.5 Å². The number of nitrogens with zero attached hydrogens (tertiary/aromatic N) is 1. The van der Waals surface area contributed by atoms with E-state index in [0.29, 0.717) is 0 Å². The number of rotatable bonds is 4. The van der Waals surface area contributed by atoms with Crippen molar-refractivity contribution in [3.05, 3.63) is 59.7 Å². The Morgan fingerprint density at radius 2 is 1.69 bits per heavy atom. The summed E-state index contributed by atoms with van der Waals surface area (Å²) in [6.45, 7) is 1.69. The summed E-state index contributed by atoms with van der Waals surface area (Å²) in [5.74, 6) is -0.227. The molecule has 0 spiro atoms. The number of halogens is 3. The second-order valence-electron chi connectivity index (χ2n) is 7.74. The normalized spacial score (nSPS) is 25.3. The van der Waals surface area contributed by atoms with Crippen LogP contribution < -0.4 is 15.2 Å². The van der Waals surface area contributed by atoms with E-state index in [1.807, 2.05) is 18.2 Å². The number of likely N-dealkylation sites (tertiary alicyclic amines) is 1. The lowest BCUT2D eigenvalue weighted by Gasteiger charge is -2.43. The molecule has 0 radical (unpaired) electrons. The predicted octanol–water partition coefficient (Wildman–Crippen LogP) is 4.44. The highest BCUT2D eigenvalue weighted by atomic mass is 19.4. The van der Waals surface area contributed by atoms with E-state index in [4.69, 9.17) is 10.5 Å². The quantitative estimate of drug-likeness (QED) is 0.815. The van der Waals surface area contributed by atoms with Gasteiger partial charge in [-0.2, -0.15) is 0 Å². The van der Waals surface area contributed by atoms with Crippen LogP contribution in [0.5, 0.6) is 11.5 Å². The number of benzene rings is 2. The molecule has 0 bridgehead atoms. The van der Waals surface area contributed by atoms with Crippen molar-refractivity contribution in [2.24, 2.45) is 5.73 Å². The Morgan fingerprint density at radius 3 is 2.45 bits per heavy atom.